The largest absolute Gasteiger partial charge is 0.465 e. The second-order valence-electron chi connectivity index (χ2n) is 3.36. The van der Waals surface area contributed by atoms with E-state index in [1.165, 1.54) is 25.4 Å². The number of benzene rings is 1. The van der Waals surface area contributed by atoms with E-state index in [2.05, 4.69) is 19.7 Å². The van der Waals surface area contributed by atoms with E-state index in [1.54, 1.807) is 0 Å². The van der Waals surface area contributed by atoms with Gasteiger partial charge < -0.3 is 4.74 Å². The fraction of sp³-hybridized carbons (Fsp3) is 0.0909. The Hall–Kier alpha value is -2.66. The molecule has 0 amide bonds. The van der Waals surface area contributed by atoms with Gasteiger partial charge in [0.25, 0.3) is 0 Å². The maximum atomic E-state index is 13.2. The van der Waals surface area contributed by atoms with E-state index in [9.17, 15) is 9.18 Å². The van der Waals surface area contributed by atoms with Crippen molar-refractivity contribution >= 4 is 22.6 Å². The molecular formula is C11H7FN4O2. The Morgan fingerprint density at radius 3 is 3.00 bits per heavy atom. The van der Waals surface area contributed by atoms with Gasteiger partial charge >= 0.3 is 5.97 Å². The molecule has 18 heavy (non-hydrogen) atoms. The number of fused-ring (bicyclic) bond motifs is 1. The number of nitrogens with zero attached hydrogens (tertiary/aromatic N) is 4. The normalized spacial score (nSPS) is 9.89. The van der Waals surface area contributed by atoms with Gasteiger partial charge in [-0.3, -0.25) is 4.98 Å². The Morgan fingerprint density at radius 2 is 2.33 bits per heavy atom. The van der Waals surface area contributed by atoms with Crippen LogP contribution in [0, 0.1) is 5.82 Å². The van der Waals surface area contributed by atoms with Gasteiger partial charge in [-0.1, -0.05) is 5.11 Å². The molecule has 7 heteroatoms. The molecule has 0 fully saturated rings. The minimum Gasteiger partial charge on any atom is -0.465 e. The summed E-state index contributed by atoms with van der Waals surface area (Å²) in [6.45, 7) is 0. The van der Waals surface area contributed by atoms with Crippen LogP contribution in [0.15, 0.2) is 29.5 Å². The van der Waals surface area contributed by atoms with E-state index >= 15 is 0 Å². The number of rotatable bonds is 2. The summed E-state index contributed by atoms with van der Waals surface area (Å²) in [5.41, 5.74) is 8.94. The molecule has 90 valence electrons. The van der Waals surface area contributed by atoms with Gasteiger partial charge in [0.15, 0.2) is 0 Å². The second-order valence-corrected chi connectivity index (χ2v) is 3.36. The summed E-state index contributed by atoms with van der Waals surface area (Å²) >= 11 is 0. The minimum atomic E-state index is -0.698. The molecule has 0 saturated heterocycles. The Morgan fingerprint density at radius 1 is 1.56 bits per heavy atom. The first kappa shape index (κ1) is 11.8. The first-order valence-electron chi connectivity index (χ1n) is 4.89. The highest BCUT2D eigenvalue weighted by atomic mass is 19.1. The van der Waals surface area contributed by atoms with Gasteiger partial charge in [0, 0.05) is 16.5 Å². The van der Waals surface area contributed by atoms with Crippen LogP contribution in [0.1, 0.15) is 10.4 Å². The molecule has 1 heterocycles. The van der Waals surface area contributed by atoms with Crippen molar-refractivity contribution in [1.82, 2.24) is 4.98 Å². The molecule has 2 rings (SSSR count). The van der Waals surface area contributed by atoms with Crippen molar-refractivity contribution in [3.05, 3.63) is 46.2 Å². The monoisotopic (exact) mass is 246 g/mol. The number of hydrogen-bond acceptors (Lipinski definition) is 4. The molecule has 1 aromatic heterocycles. The van der Waals surface area contributed by atoms with Gasteiger partial charge in [0.05, 0.1) is 23.9 Å². The summed E-state index contributed by atoms with van der Waals surface area (Å²) in [4.78, 5) is 18.1. The van der Waals surface area contributed by atoms with E-state index in [4.69, 9.17) is 5.53 Å². The van der Waals surface area contributed by atoms with Gasteiger partial charge in [-0.2, -0.15) is 0 Å². The molecule has 0 aliphatic carbocycles. The van der Waals surface area contributed by atoms with E-state index in [0.29, 0.717) is 5.52 Å². The zero-order chi connectivity index (χ0) is 13.1. The minimum absolute atomic E-state index is 0.00611. The summed E-state index contributed by atoms with van der Waals surface area (Å²) in [6, 6.07) is 3.81. The van der Waals surface area contributed by atoms with E-state index in [1.807, 2.05) is 0 Å². The molecule has 0 bridgehead atoms. The highest BCUT2D eigenvalue weighted by molar-refractivity contribution is 6.03. The van der Waals surface area contributed by atoms with Gasteiger partial charge in [0.1, 0.15) is 5.82 Å². The molecule has 1 aromatic carbocycles. The van der Waals surface area contributed by atoms with E-state index < -0.39 is 11.8 Å². The number of halogens is 1. The highest BCUT2D eigenvalue weighted by Gasteiger charge is 2.15. The molecule has 2 aromatic rings. The van der Waals surface area contributed by atoms with E-state index in [-0.39, 0.29) is 16.6 Å². The third kappa shape index (κ3) is 1.94. The summed E-state index contributed by atoms with van der Waals surface area (Å²) in [7, 11) is 1.19. The zero-order valence-electron chi connectivity index (χ0n) is 9.29. The van der Waals surface area contributed by atoms with Gasteiger partial charge in [-0.15, -0.1) is 0 Å². The van der Waals surface area contributed by atoms with Gasteiger partial charge in [-0.25, -0.2) is 9.18 Å². The molecule has 0 atom stereocenters. The lowest BCUT2D eigenvalue weighted by atomic mass is 10.1. The molecule has 0 aliphatic heterocycles. The average molecular weight is 246 g/mol. The number of pyridine rings is 1. The van der Waals surface area contributed by atoms with Crippen LogP contribution in [0.2, 0.25) is 0 Å². The summed E-state index contributed by atoms with van der Waals surface area (Å²) in [5.74, 6) is -1.21. The van der Waals surface area contributed by atoms with Crippen LogP contribution in [0.5, 0.6) is 0 Å². The standard InChI is InChI=1S/C11H7FN4O2/c1-18-11(17)8-5-14-9-3-2-6(12)4-7(9)10(8)15-16-13/h2-5H,1H3. The number of azide groups is 1. The SMILES string of the molecule is COC(=O)c1cnc2ccc(F)cc2c1N=[N+]=[N-]. The van der Waals surface area contributed by atoms with Crippen molar-refractivity contribution in [3.8, 4) is 0 Å². The smallest absolute Gasteiger partial charge is 0.339 e. The predicted molar refractivity (Wildman–Crippen MR) is 61.8 cm³/mol. The molecular weight excluding hydrogens is 239 g/mol. The second kappa shape index (κ2) is 4.68. The number of aromatic nitrogens is 1. The molecule has 0 N–H and O–H groups in total. The maximum absolute atomic E-state index is 13.2. The number of carbonyl (C=O) groups is 1. The lowest BCUT2D eigenvalue weighted by molar-refractivity contribution is 0.0601. The van der Waals surface area contributed by atoms with Crippen LogP contribution in [0.4, 0.5) is 10.1 Å². The number of hydrogen-bond donors (Lipinski definition) is 0. The van der Waals surface area contributed by atoms with Crippen LogP contribution in [0.3, 0.4) is 0 Å². The molecule has 0 spiro atoms. The van der Waals surface area contributed by atoms with Crippen molar-refractivity contribution in [2.24, 2.45) is 5.11 Å². The lowest BCUT2D eigenvalue weighted by Crippen LogP contribution is -2.02. The van der Waals surface area contributed by atoms with Crippen molar-refractivity contribution in [1.29, 1.82) is 0 Å². The van der Waals surface area contributed by atoms with Crippen molar-refractivity contribution < 1.29 is 13.9 Å². The number of carbonyl (C=O) groups excluding carboxylic acids is 1. The molecule has 0 radical (unpaired) electrons. The lowest BCUT2D eigenvalue weighted by Gasteiger charge is -2.06. The average Bonchev–Trinajstić information content (AvgIpc) is 2.38. The van der Waals surface area contributed by atoms with Crippen LogP contribution in [-0.4, -0.2) is 18.1 Å². The summed E-state index contributed by atoms with van der Waals surface area (Å²) in [5, 5.41) is 3.68. The zero-order valence-corrected chi connectivity index (χ0v) is 9.29. The molecule has 6 nitrogen and oxygen atoms in total. The van der Waals surface area contributed by atoms with Crippen LogP contribution in [-0.2, 0) is 4.74 Å². The number of esters is 1. The van der Waals surface area contributed by atoms with Crippen LogP contribution in [0.25, 0.3) is 21.3 Å². The van der Waals surface area contributed by atoms with Gasteiger partial charge in [0.2, 0.25) is 0 Å². The fourth-order valence-electron chi connectivity index (χ4n) is 1.56. The van der Waals surface area contributed by atoms with Gasteiger partial charge in [-0.05, 0) is 23.7 Å². The number of ether oxygens (including phenoxy) is 1. The van der Waals surface area contributed by atoms with E-state index in [0.717, 1.165) is 6.07 Å². The Kier molecular flexibility index (Phi) is 3.07. The molecule has 0 saturated carbocycles. The van der Waals surface area contributed by atoms with Crippen molar-refractivity contribution in [3.63, 3.8) is 0 Å². The van der Waals surface area contributed by atoms with Crippen molar-refractivity contribution in [2.75, 3.05) is 7.11 Å². The van der Waals surface area contributed by atoms with Crippen molar-refractivity contribution in [2.45, 2.75) is 0 Å². The Bertz CT molecular complexity index is 680. The number of methoxy groups -OCH3 is 1. The highest BCUT2D eigenvalue weighted by Crippen LogP contribution is 2.29. The predicted octanol–water partition coefficient (Wildman–Crippen LogP) is 3.10. The Labute approximate surface area is 101 Å². The first-order valence-corrected chi connectivity index (χ1v) is 4.89. The Balaban J connectivity index is 2.84. The summed E-state index contributed by atoms with van der Waals surface area (Å²) < 4.78 is 17.7. The first-order chi connectivity index (χ1) is 8.67. The topological polar surface area (TPSA) is 88.0 Å². The molecule has 0 unspecified atom stereocenters. The quantitative estimate of drug-likeness (QED) is 0.353. The maximum Gasteiger partial charge on any atom is 0.339 e. The third-order valence-corrected chi connectivity index (χ3v) is 2.35. The molecule has 0 aliphatic rings. The third-order valence-electron chi connectivity index (χ3n) is 2.35. The van der Waals surface area contributed by atoms with Crippen LogP contribution >= 0.6 is 0 Å². The van der Waals surface area contributed by atoms with Crippen LogP contribution < -0.4 is 0 Å². The summed E-state index contributed by atoms with van der Waals surface area (Å²) in [6.07, 6.45) is 1.23. The fourth-order valence-corrected chi connectivity index (χ4v) is 1.56.